The fourth-order valence-electron chi connectivity index (χ4n) is 3.06. The minimum Gasteiger partial charge on any atom is -0.497 e. The van der Waals surface area contributed by atoms with E-state index in [9.17, 15) is 4.79 Å². The molecule has 0 N–H and O–H groups in total. The van der Waals surface area contributed by atoms with Crippen molar-refractivity contribution < 1.29 is 18.8 Å². The maximum absolute atomic E-state index is 12.7. The van der Waals surface area contributed by atoms with E-state index in [2.05, 4.69) is 5.16 Å². The van der Waals surface area contributed by atoms with Gasteiger partial charge in [-0.05, 0) is 42.5 Å². The van der Waals surface area contributed by atoms with Gasteiger partial charge in [0.2, 0.25) is 0 Å². The third-order valence-corrected chi connectivity index (χ3v) is 5.67. The van der Waals surface area contributed by atoms with Gasteiger partial charge in [0, 0.05) is 37.2 Å². The Bertz CT molecular complexity index is 1170. The molecule has 0 unspecified atom stereocenters. The van der Waals surface area contributed by atoms with Crippen molar-refractivity contribution in [2.24, 2.45) is 0 Å². The second-order valence-electron chi connectivity index (χ2n) is 6.73. The molecule has 0 spiro atoms. The summed E-state index contributed by atoms with van der Waals surface area (Å²) in [5, 5.41) is 7.77. The van der Waals surface area contributed by atoms with Gasteiger partial charge in [-0.1, -0.05) is 5.16 Å². The average molecular weight is 423 g/mol. The van der Waals surface area contributed by atoms with E-state index in [4.69, 9.17) is 19.0 Å². The van der Waals surface area contributed by atoms with Gasteiger partial charge in [0.15, 0.2) is 5.58 Å². The molecular formula is C22H21N3O4S. The fraction of sp³-hybridized carbons (Fsp3) is 0.227. The van der Waals surface area contributed by atoms with Crippen molar-refractivity contribution in [1.29, 1.82) is 0 Å². The summed E-state index contributed by atoms with van der Waals surface area (Å²) in [5.41, 5.74) is 3.50. The predicted octanol–water partition coefficient (Wildman–Crippen LogP) is 4.35. The minimum absolute atomic E-state index is 0.0849. The van der Waals surface area contributed by atoms with Gasteiger partial charge in [0.1, 0.15) is 22.1 Å². The molecule has 2 aromatic carbocycles. The van der Waals surface area contributed by atoms with Crippen molar-refractivity contribution in [3.8, 4) is 27.7 Å². The second kappa shape index (κ2) is 8.64. The normalized spacial score (nSPS) is 11.0. The topological polar surface area (TPSA) is 77.7 Å². The molecule has 0 aliphatic carbocycles. The van der Waals surface area contributed by atoms with Gasteiger partial charge in [0.25, 0.3) is 5.91 Å². The zero-order valence-corrected chi connectivity index (χ0v) is 17.7. The lowest BCUT2D eigenvalue weighted by Crippen LogP contribution is -2.29. The smallest absolute Gasteiger partial charge is 0.253 e. The molecule has 0 radical (unpaired) electrons. The van der Waals surface area contributed by atoms with Crippen LogP contribution in [0.5, 0.6) is 5.75 Å². The number of carbonyl (C=O) groups excluding carboxylic acids is 1. The van der Waals surface area contributed by atoms with Crippen LogP contribution in [-0.2, 0) is 4.74 Å². The third kappa shape index (κ3) is 3.92. The Balaban J connectivity index is 1.64. The minimum atomic E-state index is -0.0849. The number of rotatable bonds is 7. The first kappa shape index (κ1) is 20.1. The van der Waals surface area contributed by atoms with Crippen LogP contribution in [0.1, 0.15) is 10.4 Å². The Morgan fingerprint density at radius 1 is 1.17 bits per heavy atom. The van der Waals surface area contributed by atoms with Crippen molar-refractivity contribution in [2.45, 2.75) is 0 Å². The average Bonchev–Trinajstić information content (AvgIpc) is 3.43. The lowest BCUT2D eigenvalue weighted by Gasteiger charge is -2.16. The second-order valence-corrected chi connectivity index (χ2v) is 7.59. The zero-order valence-electron chi connectivity index (χ0n) is 16.9. The van der Waals surface area contributed by atoms with E-state index >= 15 is 0 Å². The molecule has 0 saturated carbocycles. The largest absolute Gasteiger partial charge is 0.497 e. The predicted molar refractivity (Wildman–Crippen MR) is 116 cm³/mol. The molecule has 0 atom stereocenters. The number of aromatic nitrogens is 2. The number of carbonyl (C=O) groups is 1. The molecule has 4 rings (SSSR count). The van der Waals surface area contributed by atoms with E-state index in [0.29, 0.717) is 35.7 Å². The van der Waals surface area contributed by atoms with E-state index < -0.39 is 0 Å². The lowest BCUT2D eigenvalue weighted by molar-refractivity contribution is 0.0744. The Kier molecular flexibility index (Phi) is 5.78. The molecule has 30 heavy (non-hydrogen) atoms. The summed E-state index contributed by atoms with van der Waals surface area (Å²) in [6.45, 7) is 0.997. The summed E-state index contributed by atoms with van der Waals surface area (Å²) in [5.74, 6) is 0.712. The lowest BCUT2D eigenvalue weighted by atomic mass is 10.1. The number of methoxy groups -OCH3 is 2. The highest BCUT2D eigenvalue weighted by Gasteiger charge is 2.18. The fourth-order valence-corrected chi connectivity index (χ4v) is 3.87. The molecule has 0 aliphatic rings. The van der Waals surface area contributed by atoms with Crippen LogP contribution in [0.2, 0.25) is 0 Å². The van der Waals surface area contributed by atoms with E-state index in [1.54, 1.807) is 44.4 Å². The van der Waals surface area contributed by atoms with Gasteiger partial charge in [0.05, 0.1) is 19.1 Å². The Morgan fingerprint density at radius 2 is 1.97 bits per heavy atom. The van der Waals surface area contributed by atoms with E-state index in [0.717, 1.165) is 21.7 Å². The van der Waals surface area contributed by atoms with Crippen molar-refractivity contribution in [3.05, 3.63) is 53.4 Å². The van der Waals surface area contributed by atoms with Crippen LogP contribution in [0.25, 0.3) is 32.9 Å². The Morgan fingerprint density at radius 3 is 2.70 bits per heavy atom. The Labute approximate surface area is 177 Å². The highest BCUT2D eigenvalue weighted by Crippen LogP contribution is 2.33. The van der Waals surface area contributed by atoms with Crippen LogP contribution in [-0.4, -0.2) is 55.4 Å². The summed E-state index contributed by atoms with van der Waals surface area (Å²) in [7, 11) is 5.00. The number of benzene rings is 2. The molecule has 8 heteroatoms. The maximum atomic E-state index is 12.7. The van der Waals surface area contributed by atoms with Gasteiger partial charge in [-0.3, -0.25) is 4.79 Å². The first-order valence-corrected chi connectivity index (χ1v) is 10.2. The van der Waals surface area contributed by atoms with Gasteiger partial charge in [-0.2, -0.15) is 0 Å². The summed E-state index contributed by atoms with van der Waals surface area (Å²) >= 11 is 1.52. The molecule has 4 aromatic rings. The highest BCUT2D eigenvalue weighted by molar-refractivity contribution is 7.13. The first-order valence-electron chi connectivity index (χ1n) is 9.35. The monoisotopic (exact) mass is 423 g/mol. The van der Waals surface area contributed by atoms with Crippen LogP contribution in [0.15, 0.2) is 52.4 Å². The van der Waals surface area contributed by atoms with Gasteiger partial charge < -0.3 is 18.9 Å². The van der Waals surface area contributed by atoms with Crippen molar-refractivity contribution in [3.63, 3.8) is 0 Å². The molecular weight excluding hydrogens is 402 g/mol. The summed E-state index contributed by atoms with van der Waals surface area (Å²) in [6.07, 6.45) is 0. The molecule has 1 amide bonds. The standard InChI is InChI=1S/C22H21N3O4S/c1-25(10-11-27-2)22(26)15-6-9-19-17(12-15)20(24-29-19)18-13-30-21(23-18)14-4-7-16(28-3)8-5-14/h4-9,12-13H,10-11H2,1-3H3. The van der Waals surface area contributed by atoms with E-state index in [-0.39, 0.29) is 5.91 Å². The molecule has 0 bridgehead atoms. The molecule has 2 aromatic heterocycles. The maximum Gasteiger partial charge on any atom is 0.253 e. The quantitative estimate of drug-likeness (QED) is 0.440. The summed E-state index contributed by atoms with van der Waals surface area (Å²) < 4.78 is 15.7. The van der Waals surface area contributed by atoms with Gasteiger partial charge >= 0.3 is 0 Å². The number of ether oxygens (including phenoxy) is 2. The number of amides is 1. The molecule has 0 saturated heterocycles. The third-order valence-electron chi connectivity index (χ3n) is 4.78. The molecule has 154 valence electrons. The molecule has 7 nitrogen and oxygen atoms in total. The van der Waals surface area contributed by atoms with Gasteiger partial charge in [-0.15, -0.1) is 11.3 Å². The van der Waals surface area contributed by atoms with E-state index in [1.165, 1.54) is 11.3 Å². The van der Waals surface area contributed by atoms with Crippen LogP contribution in [0.4, 0.5) is 0 Å². The first-order chi connectivity index (χ1) is 14.6. The van der Waals surface area contributed by atoms with Crippen molar-refractivity contribution >= 4 is 28.2 Å². The SMILES string of the molecule is COCCN(C)C(=O)c1ccc2onc(-c3csc(-c4ccc(OC)cc4)n3)c2c1. The van der Waals surface area contributed by atoms with Crippen LogP contribution in [0.3, 0.4) is 0 Å². The number of thiazole rings is 1. The van der Waals surface area contributed by atoms with Crippen LogP contribution >= 0.6 is 11.3 Å². The van der Waals surface area contributed by atoms with Crippen LogP contribution < -0.4 is 4.74 Å². The highest BCUT2D eigenvalue weighted by atomic mass is 32.1. The van der Waals surface area contributed by atoms with E-state index in [1.807, 2.05) is 29.6 Å². The zero-order chi connectivity index (χ0) is 21.1. The van der Waals surface area contributed by atoms with Crippen molar-refractivity contribution in [2.75, 3.05) is 34.4 Å². The molecule has 0 aliphatic heterocycles. The number of likely N-dealkylation sites (N-methyl/N-ethyl adjacent to an activating group) is 1. The Hall–Kier alpha value is -3.23. The van der Waals surface area contributed by atoms with Crippen LogP contribution in [0, 0.1) is 0 Å². The number of fused-ring (bicyclic) bond motifs is 1. The summed E-state index contributed by atoms with van der Waals surface area (Å²) in [6, 6.07) is 13.1. The van der Waals surface area contributed by atoms with Crippen molar-refractivity contribution in [1.82, 2.24) is 15.0 Å². The summed E-state index contributed by atoms with van der Waals surface area (Å²) in [4.78, 5) is 19.1. The number of hydrogen-bond donors (Lipinski definition) is 0. The molecule has 0 fully saturated rings. The number of nitrogens with zero attached hydrogens (tertiary/aromatic N) is 3. The van der Waals surface area contributed by atoms with Gasteiger partial charge in [-0.25, -0.2) is 4.98 Å². The molecule has 2 heterocycles. The number of hydrogen-bond acceptors (Lipinski definition) is 7.